The standard InChI is InChI=1S/C30H32F6N6O2/c1-16-13-41(8-7-40(16)4)24-10-23(32)25(19-11-37-29(38-12-19)42-14-17(2)44-18(3)15-42)26(33)27(24)39-28(43)21-6-5-20(31)9-22(21)30(34,35)36/h5-6,9-12,16-18H,7-8,13-15H2,1-4H3,(H,39,43)/t16?,17-,18-/m0/s1. The molecule has 5 rings (SSSR count). The number of morpholine rings is 1. The summed E-state index contributed by atoms with van der Waals surface area (Å²) in [5, 5.41) is 2.24. The molecule has 1 aromatic heterocycles. The highest BCUT2D eigenvalue weighted by molar-refractivity contribution is 6.07. The van der Waals surface area contributed by atoms with E-state index >= 15 is 8.78 Å². The molecule has 2 saturated heterocycles. The molecule has 1 N–H and O–H groups in total. The van der Waals surface area contributed by atoms with Crippen LogP contribution in [0.4, 0.5) is 43.7 Å². The highest BCUT2D eigenvalue weighted by Crippen LogP contribution is 2.40. The third-order valence-corrected chi connectivity index (χ3v) is 7.90. The summed E-state index contributed by atoms with van der Waals surface area (Å²) < 4.78 is 92.6. The molecule has 2 aliphatic heterocycles. The fraction of sp³-hybridized carbons (Fsp3) is 0.433. The highest BCUT2D eigenvalue weighted by Gasteiger charge is 2.37. The molecule has 2 fully saturated rings. The molecule has 2 aliphatic rings. The van der Waals surface area contributed by atoms with E-state index in [4.69, 9.17) is 4.74 Å². The molecule has 3 heterocycles. The summed E-state index contributed by atoms with van der Waals surface area (Å²) in [6.45, 7) is 7.96. The molecule has 1 unspecified atom stereocenters. The van der Waals surface area contributed by atoms with Crippen LogP contribution >= 0.6 is 0 Å². The van der Waals surface area contributed by atoms with Crippen LogP contribution in [0.2, 0.25) is 0 Å². The lowest BCUT2D eigenvalue weighted by Gasteiger charge is -2.39. The molecule has 2 aromatic carbocycles. The van der Waals surface area contributed by atoms with E-state index in [-0.39, 0.29) is 35.6 Å². The molecule has 0 bridgehead atoms. The Hall–Kier alpha value is -3.91. The summed E-state index contributed by atoms with van der Waals surface area (Å²) in [5.41, 5.74) is -3.59. The average molecular weight is 623 g/mol. The maximum atomic E-state index is 16.4. The molecule has 0 saturated carbocycles. The topological polar surface area (TPSA) is 73.8 Å². The van der Waals surface area contributed by atoms with Gasteiger partial charge in [-0.25, -0.2) is 23.1 Å². The first-order valence-corrected chi connectivity index (χ1v) is 14.1. The molecular weight excluding hydrogens is 590 g/mol. The summed E-state index contributed by atoms with van der Waals surface area (Å²) in [6, 6.07) is 2.58. The van der Waals surface area contributed by atoms with Gasteiger partial charge < -0.3 is 24.8 Å². The first-order chi connectivity index (χ1) is 20.7. The molecule has 14 heteroatoms. The number of hydrogen-bond acceptors (Lipinski definition) is 7. The number of ether oxygens (including phenoxy) is 1. The number of halogens is 6. The van der Waals surface area contributed by atoms with Gasteiger partial charge in [0.05, 0.1) is 34.6 Å². The first kappa shape index (κ1) is 31.5. The number of hydrogen-bond donors (Lipinski definition) is 1. The molecular formula is C30H32F6N6O2. The number of nitrogens with one attached hydrogen (secondary N) is 1. The van der Waals surface area contributed by atoms with Crippen molar-refractivity contribution in [2.75, 3.05) is 54.9 Å². The quantitative estimate of drug-likeness (QED) is 0.373. The Kier molecular flexibility index (Phi) is 8.76. The number of piperazine rings is 1. The van der Waals surface area contributed by atoms with Crippen molar-refractivity contribution < 1.29 is 35.9 Å². The van der Waals surface area contributed by atoms with E-state index in [1.54, 1.807) is 4.90 Å². The lowest BCUT2D eigenvalue weighted by Crippen LogP contribution is -2.50. The zero-order chi connectivity index (χ0) is 31.9. The van der Waals surface area contributed by atoms with E-state index in [2.05, 4.69) is 15.3 Å². The van der Waals surface area contributed by atoms with Gasteiger partial charge in [-0.15, -0.1) is 0 Å². The van der Waals surface area contributed by atoms with E-state index in [0.29, 0.717) is 50.8 Å². The van der Waals surface area contributed by atoms with Crippen LogP contribution < -0.4 is 15.1 Å². The second kappa shape index (κ2) is 12.2. The number of likely N-dealkylation sites (N-methyl/N-ethyl adjacent to an activating group) is 1. The van der Waals surface area contributed by atoms with Crippen LogP contribution in [0.3, 0.4) is 0 Å². The van der Waals surface area contributed by atoms with Crippen molar-refractivity contribution in [3.8, 4) is 11.1 Å². The number of rotatable bonds is 5. The van der Waals surface area contributed by atoms with Gasteiger partial charge in [0, 0.05) is 62.8 Å². The molecule has 0 radical (unpaired) electrons. The van der Waals surface area contributed by atoms with Crippen molar-refractivity contribution in [1.29, 1.82) is 0 Å². The maximum absolute atomic E-state index is 16.4. The number of carbonyl (C=O) groups is 1. The van der Waals surface area contributed by atoms with Crippen molar-refractivity contribution in [3.63, 3.8) is 0 Å². The van der Waals surface area contributed by atoms with Gasteiger partial charge in [-0.1, -0.05) is 0 Å². The minimum Gasteiger partial charge on any atom is -0.372 e. The normalized spacial score (nSPS) is 21.5. The summed E-state index contributed by atoms with van der Waals surface area (Å²) in [6.07, 6.45) is -2.72. The SMILES string of the molecule is CC1CN(c2cc(F)c(-c3cnc(N4C[C@H](C)O[C@@H](C)C4)nc3)c(F)c2NC(=O)c2ccc(F)cc2C(F)(F)F)CCN1C. The van der Waals surface area contributed by atoms with Crippen molar-refractivity contribution in [1.82, 2.24) is 14.9 Å². The first-order valence-electron chi connectivity index (χ1n) is 14.1. The van der Waals surface area contributed by atoms with Gasteiger partial charge in [-0.3, -0.25) is 4.79 Å². The van der Waals surface area contributed by atoms with E-state index in [9.17, 15) is 22.4 Å². The number of anilines is 3. The van der Waals surface area contributed by atoms with Crippen molar-refractivity contribution in [2.45, 2.75) is 45.2 Å². The number of carbonyl (C=O) groups excluding carboxylic acids is 1. The predicted octanol–water partition coefficient (Wildman–Crippen LogP) is 5.59. The van der Waals surface area contributed by atoms with Gasteiger partial charge in [0.25, 0.3) is 5.91 Å². The Bertz CT molecular complexity index is 1530. The fourth-order valence-electron chi connectivity index (χ4n) is 5.59. The van der Waals surface area contributed by atoms with Gasteiger partial charge in [-0.05, 0) is 46.0 Å². The van der Waals surface area contributed by atoms with Gasteiger partial charge in [0.15, 0.2) is 5.82 Å². The van der Waals surface area contributed by atoms with Crippen molar-refractivity contribution >= 4 is 23.2 Å². The van der Waals surface area contributed by atoms with Gasteiger partial charge in [0.2, 0.25) is 5.95 Å². The van der Waals surface area contributed by atoms with Crippen LogP contribution in [0.25, 0.3) is 11.1 Å². The minimum absolute atomic E-state index is 0.0291. The third kappa shape index (κ3) is 6.46. The Morgan fingerprint density at radius 3 is 2.23 bits per heavy atom. The molecule has 236 valence electrons. The van der Waals surface area contributed by atoms with Gasteiger partial charge in [0.1, 0.15) is 17.3 Å². The van der Waals surface area contributed by atoms with E-state index in [1.807, 2.05) is 37.6 Å². The number of aromatic nitrogens is 2. The smallest absolute Gasteiger partial charge is 0.372 e. The van der Waals surface area contributed by atoms with Gasteiger partial charge in [-0.2, -0.15) is 13.2 Å². The van der Waals surface area contributed by atoms with Crippen LogP contribution in [-0.2, 0) is 10.9 Å². The zero-order valence-electron chi connectivity index (χ0n) is 24.6. The summed E-state index contributed by atoms with van der Waals surface area (Å²) >= 11 is 0. The zero-order valence-corrected chi connectivity index (χ0v) is 24.6. The van der Waals surface area contributed by atoms with Crippen LogP contribution in [0, 0.1) is 17.5 Å². The lowest BCUT2D eigenvalue weighted by molar-refractivity contribution is -0.138. The molecule has 44 heavy (non-hydrogen) atoms. The van der Waals surface area contributed by atoms with Crippen molar-refractivity contribution in [2.24, 2.45) is 0 Å². The Morgan fingerprint density at radius 1 is 0.955 bits per heavy atom. The molecule has 3 atom stereocenters. The Morgan fingerprint density at radius 2 is 1.61 bits per heavy atom. The largest absolute Gasteiger partial charge is 0.417 e. The molecule has 3 aromatic rings. The lowest BCUT2D eigenvalue weighted by atomic mass is 10.0. The number of alkyl halides is 3. The number of benzene rings is 2. The number of amides is 1. The van der Waals surface area contributed by atoms with E-state index in [1.165, 1.54) is 12.4 Å². The summed E-state index contributed by atoms with van der Waals surface area (Å²) in [5.74, 6) is -4.37. The van der Waals surface area contributed by atoms with Crippen LogP contribution in [0.15, 0.2) is 36.7 Å². The van der Waals surface area contributed by atoms with E-state index < -0.39 is 51.9 Å². The van der Waals surface area contributed by atoms with E-state index in [0.717, 1.165) is 6.07 Å². The van der Waals surface area contributed by atoms with Crippen LogP contribution in [0.1, 0.15) is 36.7 Å². The molecule has 0 spiro atoms. The maximum Gasteiger partial charge on any atom is 0.417 e. The Labute approximate surface area is 250 Å². The van der Waals surface area contributed by atoms with Crippen LogP contribution in [0.5, 0.6) is 0 Å². The molecule has 1 amide bonds. The molecule has 0 aliphatic carbocycles. The molecule has 8 nitrogen and oxygen atoms in total. The highest BCUT2D eigenvalue weighted by atomic mass is 19.4. The fourth-order valence-corrected chi connectivity index (χ4v) is 5.59. The summed E-state index contributed by atoms with van der Waals surface area (Å²) in [7, 11) is 1.89. The Balaban J connectivity index is 1.56. The number of nitrogens with zero attached hydrogens (tertiary/aromatic N) is 5. The monoisotopic (exact) mass is 622 g/mol. The average Bonchev–Trinajstić information content (AvgIpc) is 2.95. The van der Waals surface area contributed by atoms with Crippen molar-refractivity contribution in [3.05, 3.63) is 65.2 Å². The minimum atomic E-state index is -5.06. The second-order valence-corrected chi connectivity index (χ2v) is 11.3. The van der Waals surface area contributed by atoms with Crippen LogP contribution in [-0.4, -0.2) is 78.8 Å². The predicted molar refractivity (Wildman–Crippen MR) is 153 cm³/mol. The second-order valence-electron chi connectivity index (χ2n) is 11.3. The summed E-state index contributed by atoms with van der Waals surface area (Å²) in [4.78, 5) is 27.4. The van der Waals surface area contributed by atoms with Gasteiger partial charge >= 0.3 is 6.18 Å². The third-order valence-electron chi connectivity index (χ3n) is 7.90.